The molecule has 1 N–H and O–H groups in total. The molecule has 29 heavy (non-hydrogen) atoms. The number of carbonyl (C=O) groups excluding carboxylic acids is 3. The van der Waals surface area contributed by atoms with Crippen LogP contribution in [0, 0.1) is 0 Å². The zero-order chi connectivity index (χ0) is 20.2. The van der Waals surface area contributed by atoms with E-state index in [2.05, 4.69) is 10.2 Å². The number of Topliss-reactive ketones (excluding diaryl/α,β-unsaturated/α-hetero) is 1. The normalized spacial score (nSPS) is 19.0. The lowest BCUT2D eigenvalue weighted by molar-refractivity contribution is -0.133. The van der Waals surface area contributed by atoms with Gasteiger partial charge in [-0.25, -0.2) is 0 Å². The Hall–Kier alpha value is -2.61. The molecular formula is C21H27N3O5. The molecule has 2 fully saturated rings. The Kier molecular flexibility index (Phi) is 5.99. The first-order valence-corrected chi connectivity index (χ1v) is 10.3. The number of carbonyl (C=O) groups is 3. The lowest BCUT2D eigenvalue weighted by Crippen LogP contribution is -2.51. The third-order valence-electron chi connectivity index (χ3n) is 5.46. The van der Waals surface area contributed by atoms with Crippen molar-refractivity contribution in [2.75, 3.05) is 45.9 Å². The molecule has 1 saturated heterocycles. The van der Waals surface area contributed by atoms with E-state index in [1.54, 1.807) is 23.1 Å². The molecule has 1 aromatic rings. The number of hydrogen-bond donors (Lipinski definition) is 1. The van der Waals surface area contributed by atoms with E-state index in [1.165, 1.54) is 0 Å². The van der Waals surface area contributed by atoms with Gasteiger partial charge in [0.2, 0.25) is 11.8 Å². The lowest BCUT2D eigenvalue weighted by Gasteiger charge is -2.34. The van der Waals surface area contributed by atoms with Gasteiger partial charge in [-0.05, 0) is 31.0 Å². The molecule has 0 bridgehead atoms. The molecule has 0 atom stereocenters. The highest BCUT2D eigenvalue weighted by Gasteiger charge is 2.26. The monoisotopic (exact) mass is 401 g/mol. The predicted octanol–water partition coefficient (Wildman–Crippen LogP) is 0.844. The van der Waals surface area contributed by atoms with Crippen molar-refractivity contribution in [2.24, 2.45) is 0 Å². The minimum Gasteiger partial charge on any atom is -0.486 e. The Labute approximate surface area is 170 Å². The van der Waals surface area contributed by atoms with Crippen molar-refractivity contribution in [3.05, 3.63) is 23.8 Å². The molecule has 2 heterocycles. The molecule has 1 aromatic carbocycles. The first kappa shape index (κ1) is 19.7. The molecule has 8 heteroatoms. The summed E-state index contributed by atoms with van der Waals surface area (Å²) < 4.78 is 11.0. The highest BCUT2D eigenvalue weighted by Crippen LogP contribution is 2.31. The Morgan fingerprint density at radius 1 is 0.966 bits per heavy atom. The van der Waals surface area contributed by atoms with Crippen LogP contribution < -0.4 is 14.8 Å². The Bertz CT molecular complexity index is 785. The fourth-order valence-corrected chi connectivity index (χ4v) is 3.60. The van der Waals surface area contributed by atoms with E-state index >= 15 is 0 Å². The fourth-order valence-electron chi connectivity index (χ4n) is 3.60. The topological polar surface area (TPSA) is 88.2 Å². The van der Waals surface area contributed by atoms with Crippen molar-refractivity contribution < 1.29 is 23.9 Å². The Balaban J connectivity index is 1.20. The molecule has 0 radical (unpaired) electrons. The second kappa shape index (κ2) is 8.82. The smallest absolute Gasteiger partial charge is 0.234 e. The van der Waals surface area contributed by atoms with E-state index in [0.29, 0.717) is 69.0 Å². The Morgan fingerprint density at radius 2 is 1.69 bits per heavy atom. The standard InChI is InChI=1S/C21H27N3O5/c25-17(15-1-5-18-19(13-15)29-12-11-28-18)4-6-21(27)24-9-7-23(8-10-24)14-20(26)22-16-2-3-16/h1,5,13,16H,2-4,6-12,14H2,(H,22,26). The van der Waals surface area contributed by atoms with Crippen molar-refractivity contribution in [1.82, 2.24) is 15.1 Å². The summed E-state index contributed by atoms with van der Waals surface area (Å²) in [5.41, 5.74) is 0.536. The van der Waals surface area contributed by atoms with Gasteiger partial charge in [0.05, 0.1) is 6.54 Å². The fraction of sp³-hybridized carbons (Fsp3) is 0.571. The minimum atomic E-state index is -0.0780. The summed E-state index contributed by atoms with van der Waals surface area (Å²) in [7, 11) is 0. The van der Waals surface area contributed by atoms with Crippen LogP contribution in [-0.4, -0.2) is 79.4 Å². The number of nitrogens with zero attached hydrogens (tertiary/aromatic N) is 2. The number of benzene rings is 1. The van der Waals surface area contributed by atoms with E-state index in [9.17, 15) is 14.4 Å². The molecule has 0 spiro atoms. The molecule has 2 amide bonds. The SMILES string of the molecule is O=C(CN1CCN(C(=O)CCC(=O)c2ccc3c(c2)OCCO3)CC1)NC1CC1. The highest BCUT2D eigenvalue weighted by molar-refractivity contribution is 5.98. The molecule has 156 valence electrons. The zero-order valence-corrected chi connectivity index (χ0v) is 16.5. The molecular weight excluding hydrogens is 374 g/mol. The Morgan fingerprint density at radius 3 is 2.41 bits per heavy atom. The number of ether oxygens (including phenoxy) is 2. The van der Waals surface area contributed by atoms with Crippen LogP contribution in [0.3, 0.4) is 0 Å². The summed E-state index contributed by atoms with van der Waals surface area (Å²) in [5, 5.41) is 2.99. The molecule has 4 rings (SSSR count). The van der Waals surface area contributed by atoms with E-state index < -0.39 is 0 Å². The molecule has 2 aliphatic heterocycles. The molecule has 0 unspecified atom stereocenters. The first-order valence-electron chi connectivity index (χ1n) is 10.3. The largest absolute Gasteiger partial charge is 0.486 e. The summed E-state index contributed by atoms with van der Waals surface area (Å²) in [4.78, 5) is 40.7. The van der Waals surface area contributed by atoms with Gasteiger partial charge in [-0.3, -0.25) is 19.3 Å². The number of rotatable bonds is 7. The van der Waals surface area contributed by atoms with Crippen molar-refractivity contribution >= 4 is 17.6 Å². The van der Waals surface area contributed by atoms with Crippen molar-refractivity contribution in [3.8, 4) is 11.5 Å². The van der Waals surface area contributed by atoms with Crippen LogP contribution in [-0.2, 0) is 9.59 Å². The van der Waals surface area contributed by atoms with Gasteiger partial charge in [-0.15, -0.1) is 0 Å². The van der Waals surface area contributed by atoms with Crippen LogP contribution >= 0.6 is 0 Å². The molecule has 0 aromatic heterocycles. The predicted molar refractivity (Wildman–Crippen MR) is 105 cm³/mol. The quantitative estimate of drug-likeness (QED) is 0.682. The zero-order valence-electron chi connectivity index (χ0n) is 16.5. The number of nitrogens with one attached hydrogen (secondary N) is 1. The van der Waals surface area contributed by atoms with Gasteiger partial charge >= 0.3 is 0 Å². The van der Waals surface area contributed by atoms with Crippen molar-refractivity contribution in [1.29, 1.82) is 0 Å². The van der Waals surface area contributed by atoms with E-state index in [4.69, 9.17) is 9.47 Å². The molecule has 3 aliphatic rings. The summed E-state index contributed by atoms with van der Waals surface area (Å²) in [5.74, 6) is 1.20. The molecule has 1 saturated carbocycles. The van der Waals surface area contributed by atoms with Crippen LogP contribution in [0.5, 0.6) is 11.5 Å². The van der Waals surface area contributed by atoms with Gasteiger partial charge < -0.3 is 19.7 Å². The van der Waals surface area contributed by atoms with Crippen LogP contribution in [0.1, 0.15) is 36.0 Å². The van der Waals surface area contributed by atoms with E-state index in [1.807, 2.05) is 0 Å². The maximum atomic E-state index is 12.5. The average Bonchev–Trinajstić information content (AvgIpc) is 3.55. The van der Waals surface area contributed by atoms with Gasteiger partial charge in [-0.1, -0.05) is 0 Å². The third-order valence-corrected chi connectivity index (χ3v) is 5.46. The van der Waals surface area contributed by atoms with E-state index in [0.717, 1.165) is 12.8 Å². The van der Waals surface area contributed by atoms with Gasteiger partial charge in [0.15, 0.2) is 17.3 Å². The van der Waals surface area contributed by atoms with Crippen LogP contribution in [0.4, 0.5) is 0 Å². The summed E-state index contributed by atoms with van der Waals surface area (Å²) >= 11 is 0. The second-order valence-electron chi connectivity index (χ2n) is 7.78. The van der Waals surface area contributed by atoms with Crippen LogP contribution in [0.15, 0.2) is 18.2 Å². The number of piperazine rings is 1. The molecule has 1 aliphatic carbocycles. The summed E-state index contributed by atoms with van der Waals surface area (Å²) in [6, 6.07) is 5.51. The third kappa shape index (κ3) is 5.26. The molecule has 8 nitrogen and oxygen atoms in total. The maximum Gasteiger partial charge on any atom is 0.234 e. The number of ketones is 1. The number of amides is 2. The van der Waals surface area contributed by atoms with E-state index in [-0.39, 0.29) is 30.4 Å². The van der Waals surface area contributed by atoms with Crippen molar-refractivity contribution in [3.63, 3.8) is 0 Å². The van der Waals surface area contributed by atoms with Gasteiger partial charge in [0.25, 0.3) is 0 Å². The van der Waals surface area contributed by atoms with Crippen molar-refractivity contribution in [2.45, 2.75) is 31.7 Å². The number of fused-ring (bicyclic) bond motifs is 1. The first-order chi connectivity index (χ1) is 14.1. The summed E-state index contributed by atoms with van der Waals surface area (Å²) in [6.45, 7) is 3.91. The lowest BCUT2D eigenvalue weighted by atomic mass is 10.1. The van der Waals surface area contributed by atoms with Gasteiger partial charge in [-0.2, -0.15) is 0 Å². The van der Waals surface area contributed by atoms with Gasteiger partial charge in [0.1, 0.15) is 13.2 Å². The second-order valence-corrected chi connectivity index (χ2v) is 7.78. The van der Waals surface area contributed by atoms with Crippen LogP contribution in [0.25, 0.3) is 0 Å². The number of hydrogen-bond acceptors (Lipinski definition) is 6. The van der Waals surface area contributed by atoms with Crippen LogP contribution in [0.2, 0.25) is 0 Å². The summed E-state index contributed by atoms with van der Waals surface area (Å²) in [6.07, 6.45) is 2.52. The highest BCUT2D eigenvalue weighted by atomic mass is 16.6. The minimum absolute atomic E-state index is 0.0158. The average molecular weight is 401 g/mol. The van der Waals surface area contributed by atoms with Gasteiger partial charge in [0, 0.05) is 50.6 Å². The maximum absolute atomic E-state index is 12.5.